The largest absolute Gasteiger partial charge is 0.349 e. The summed E-state index contributed by atoms with van der Waals surface area (Å²) in [5.41, 5.74) is 1.23. The molecule has 2 aromatic rings. The molecule has 0 saturated carbocycles. The smallest absolute Gasteiger partial charge is 0.320 e. The number of hydrogen-bond donors (Lipinski definition) is 2. The van der Waals surface area contributed by atoms with Crippen molar-refractivity contribution in [2.75, 3.05) is 26.2 Å². The topological polar surface area (TPSA) is 68.4 Å². The molecular weight excluding hydrogens is 352 g/mol. The molecule has 3 amide bonds. The van der Waals surface area contributed by atoms with Gasteiger partial charge in [0.1, 0.15) is 5.69 Å². The Kier molecular flexibility index (Phi) is 4.76. The fraction of sp³-hybridized carbons (Fsp3) is 0.474. The van der Waals surface area contributed by atoms with Gasteiger partial charge in [-0.1, -0.05) is 29.8 Å². The molecule has 0 aliphatic carbocycles. The third-order valence-corrected chi connectivity index (χ3v) is 5.67. The van der Waals surface area contributed by atoms with Gasteiger partial charge in [-0.25, -0.2) is 4.79 Å². The maximum absolute atomic E-state index is 12.7. The molecule has 2 N–H and O–H groups in total. The maximum atomic E-state index is 12.7. The average Bonchev–Trinajstić information content (AvgIpc) is 3.30. The number of carbonyl (C=O) groups excluding carboxylic acids is 2. The minimum atomic E-state index is -0.216. The van der Waals surface area contributed by atoms with Gasteiger partial charge in [0.15, 0.2) is 0 Å². The number of piperidine rings is 1. The first-order valence-electron chi connectivity index (χ1n) is 9.24. The second-order valence-corrected chi connectivity index (χ2v) is 7.47. The first-order chi connectivity index (χ1) is 12.6. The number of carbonyl (C=O) groups is 2. The van der Waals surface area contributed by atoms with E-state index in [-0.39, 0.29) is 18.0 Å². The Bertz CT molecular complexity index is 828. The zero-order valence-corrected chi connectivity index (χ0v) is 15.4. The monoisotopic (exact) mass is 374 g/mol. The Morgan fingerprint density at radius 1 is 1.08 bits per heavy atom. The highest BCUT2D eigenvalue weighted by Crippen LogP contribution is 2.27. The summed E-state index contributed by atoms with van der Waals surface area (Å²) in [6.45, 7) is 3.00. The van der Waals surface area contributed by atoms with E-state index in [0.29, 0.717) is 17.3 Å². The van der Waals surface area contributed by atoms with Crippen LogP contribution in [-0.4, -0.2) is 58.9 Å². The molecule has 2 saturated heterocycles. The molecule has 4 rings (SSSR count). The van der Waals surface area contributed by atoms with Crippen molar-refractivity contribution in [3.8, 4) is 0 Å². The van der Waals surface area contributed by atoms with E-state index >= 15 is 0 Å². The van der Waals surface area contributed by atoms with E-state index in [1.807, 2.05) is 34.1 Å². The van der Waals surface area contributed by atoms with Crippen LogP contribution >= 0.6 is 11.6 Å². The molecule has 7 heteroatoms. The molecule has 2 aliphatic rings. The molecule has 0 spiro atoms. The fourth-order valence-corrected chi connectivity index (χ4v) is 4.20. The molecule has 138 valence electrons. The Morgan fingerprint density at radius 2 is 1.81 bits per heavy atom. The minimum absolute atomic E-state index is 0.0507. The summed E-state index contributed by atoms with van der Waals surface area (Å²) in [6, 6.07) is 7.64. The Hall–Kier alpha value is -2.21. The lowest BCUT2D eigenvalue weighted by Crippen LogP contribution is -2.52. The summed E-state index contributed by atoms with van der Waals surface area (Å²) in [5, 5.41) is 4.33. The number of H-pyrrole nitrogens is 1. The highest BCUT2D eigenvalue weighted by atomic mass is 35.5. The van der Waals surface area contributed by atoms with Crippen LogP contribution in [0.4, 0.5) is 4.79 Å². The van der Waals surface area contributed by atoms with Crippen LogP contribution in [0.1, 0.15) is 36.2 Å². The van der Waals surface area contributed by atoms with E-state index in [1.54, 1.807) is 0 Å². The van der Waals surface area contributed by atoms with Crippen molar-refractivity contribution in [1.82, 2.24) is 20.1 Å². The number of benzene rings is 1. The van der Waals surface area contributed by atoms with Gasteiger partial charge in [0.05, 0.1) is 5.02 Å². The number of para-hydroxylation sites is 1. The number of hydrogen-bond acceptors (Lipinski definition) is 2. The average molecular weight is 375 g/mol. The van der Waals surface area contributed by atoms with Gasteiger partial charge in [0.2, 0.25) is 0 Å². The normalized spacial score (nSPS) is 20.6. The first kappa shape index (κ1) is 17.2. The summed E-state index contributed by atoms with van der Waals surface area (Å²) in [4.78, 5) is 32.2. The van der Waals surface area contributed by atoms with Gasteiger partial charge in [-0.3, -0.25) is 4.79 Å². The van der Waals surface area contributed by atoms with E-state index < -0.39 is 0 Å². The molecule has 1 atom stereocenters. The predicted molar refractivity (Wildman–Crippen MR) is 102 cm³/mol. The number of aromatic amines is 1. The number of nitrogens with zero attached hydrogens (tertiary/aromatic N) is 2. The number of likely N-dealkylation sites (tertiary alicyclic amines) is 2. The zero-order chi connectivity index (χ0) is 18.1. The highest BCUT2D eigenvalue weighted by molar-refractivity contribution is 6.38. The summed E-state index contributed by atoms with van der Waals surface area (Å²) in [5.74, 6) is -0.216. The summed E-state index contributed by atoms with van der Waals surface area (Å²) in [7, 11) is 0. The molecule has 0 bridgehead atoms. The van der Waals surface area contributed by atoms with Crippen molar-refractivity contribution < 1.29 is 9.59 Å². The number of halogens is 1. The van der Waals surface area contributed by atoms with Crippen LogP contribution in [-0.2, 0) is 0 Å². The van der Waals surface area contributed by atoms with Crippen LogP contribution in [0.15, 0.2) is 24.3 Å². The summed E-state index contributed by atoms with van der Waals surface area (Å²) >= 11 is 6.37. The molecule has 6 nitrogen and oxygen atoms in total. The van der Waals surface area contributed by atoms with Crippen molar-refractivity contribution in [3.05, 3.63) is 35.0 Å². The number of aromatic nitrogens is 1. The molecule has 1 aromatic carbocycles. The lowest BCUT2D eigenvalue weighted by molar-refractivity contribution is 0.0897. The quantitative estimate of drug-likeness (QED) is 0.847. The van der Waals surface area contributed by atoms with Gasteiger partial charge in [0, 0.05) is 43.1 Å². The van der Waals surface area contributed by atoms with E-state index in [2.05, 4.69) is 10.3 Å². The van der Waals surface area contributed by atoms with Gasteiger partial charge < -0.3 is 20.1 Å². The summed E-state index contributed by atoms with van der Waals surface area (Å²) in [6.07, 6.45) is 3.93. The van der Waals surface area contributed by atoms with Gasteiger partial charge >= 0.3 is 6.03 Å². The standard InChI is InChI=1S/C19H23ClN4O2/c20-16-14-7-1-2-8-15(14)22-17(16)18(25)21-13-6-5-11-24(12-13)19(26)23-9-3-4-10-23/h1-2,7-8,13,22H,3-6,9-12H2,(H,21,25). The SMILES string of the molecule is O=C(NC1CCCN(C(=O)N2CCCC2)C1)c1[nH]c2ccccc2c1Cl. The number of fused-ring (bicyclic) bond motifs is 1. The molecule has 0 radical (unpaired) electrons. The molecular formula is C19H23ClN4O2. The van der Waals surface area contributed by atoms with Crippen LogP contribution in [0.25, 0.3) is 10.9 Å². The molecule has 26 heavy (non-hydrogen) atoms. The van der Waals surface area contributed by atoms with Gasteiger partial charge in [-0.2, -0.15) is 0 Å². The first-order valence-corrected chi connectivity index (χ1v) is 9.62. The van der Waals surface area contributed by atoms with Crippen LogP contribution in [0, 0.1) is 0 Å². The Morgan fingerprint density at radius 3 is 2.58 bits per heavy atom. The summed E-state index contributed by atoms with van der Waals surface area (Å²) < 4.78 is 0. The van der Waals surface area contributed by atoms with E-state index in [9.17, 15) is 9.59 Å². The van der Waals surface area contributed by atoms with E-state index in [4.69, 9.17) is 11.6 Å². The van der Waals surface area contributed by atoms with Gasteiger partial charge in [0.25, 0.3) is 5.91 Å². The molecule has 1 aromatic heterocycles. The predicted octanol–water partition coefficient (Wildman–Crippen LogP) is 3.23. The Labute approximate surface area is 157 Å². The minimum Gasteiger partial charge on any atom is -0.349 e. The molecule has 1 unspecified atom stereocenters. The van der Waals surface area contributed by atoms with E-state index in [1.165, 1.54) is 0 Å². The van der Waals surface area contributed by atoms with Crippen LogP contribution in [0.2, 0.25) is 5.02 Å². The second kappa shape index (κ2) is 7.19. The van der Waals surface area contributed by atoms with Crippen molar-refractivity contribution in [2.24, 2.45) is 0 Å². The van der Waals surface area contributed by atoms with Crippen LogP contribution in [0.3, 0.4) is 0 Å². The maximum Gasteiger partial charge on any atom is 0.320 e. The van der Waals surface area contributed by atoms with Gasteiger partial charge in [-0.15, -0.1) is 0 Å². The third kappa shape index (κ3) is 3.26. The lowest BCUT2D eigenvalue weighted by Gasteiger charge is -2.35. The van der Waals surface area contributed by atoms with Crippen LogP contribution in [0.5, 0.6) is 0 Å². The molecule has 2 fully saturated rings. The molecule has 2 aliphatic heterocycles. The number of rotatable bonds is 2. The number of nitrogens with one attached hydrogen (secondary N) is 2. The highest BCUT2D eigenvalue weighted by Gasteiger charge is 2.29. The molecule has 3 heterocycles. The van der Waals surface area contributed by atoms with Gasteiger partial charge in [-0.05, 0) is 31.7 Å². The van der Waals surface area contributed by atoms with Crippen molar-refractivity contribution in [2.45, 2.75) is 31.7 Å². The van der Waals surface area contributed by atoms with Crippen molar-refractivity contribution in [1.29, 1.82) is 0 Å². The Balaban J connectivity index is 1.43. The zero-order valence-electron chi connectivity index (χ0n) is 14.6. The second-order valence-electron chi connectivity index (χ2n) is 7.09. The number of urea groups is 1. The third-order valence-electron chi connectivity index (χ3n) is 5.27. The van der Waals surface area contributed by atoms with Crippen molar-refractivity contribution in [3.63, 3.8) is 0 Å². The van der Waals surface area contributed by atoms with Crippen molar-refractivity contribution >= 4 is 34.4 Å². The lowest BCUT2D eigenvalue weighted by atomic mass is 10.1. The van der Waals surface area contributed by atoms with Crippen LogP contribution < -0.4 is 5.32 Å². The fourth-order valence-electron chi connectivity index (χ4n) is 3.90. The number of amides is 3. The van der Waals surface area contributed by atoms with E-state index in [0.717, 1.165) is 56.2 Å².